The minimum atomic E-state index is -2.25. The standard InChI is InChI=1S/C18H32O13/c1-3-11(21)28-8(2)5-27-6-10-13(23)16(26)18(7-20,30-10)31-17-15(25)14(24)12(22)9(4-19)29-17/h8-10,12-17,19-20,22-26H,3-7H2,1-2H3/t8?,9?,10-,12-,13?,14+,15?,16-,17-,18+/m1/s1. The Morgan fingerprint density at radius 2 is 1.71 bits per heavy atom. The Bertz CT molecular complexity index is 575. The topological polar surface area (TPSA) is 205 Å². The zero-order valence-electron chi connectivity index (χ0n) is 17.3. The molecule has 2 heterocycles. The van der Waals surface area contributed by atoms with E-state index in [2.05, 4.69) is 0 Å². The Hall–Kier alpha value is -0.970. The van der Waals surface area contributed by atoms with Crippen molar-refractivity contribution in [2.24, 2.45) is 0 Å². The average molecular weight is 456 g/mol. The molecule has 0 radical (unpaired) electrons. The zero-order chi connectivity index (χ0) is 23.3. The van der Waals surface area contributed by atoms with Crippen LogP contribution in [0.25, 0.3) is 0 Å². The lowest BCUT2D eigenvalue weighted by molar-refractivity contribution is -0.383. The van der Waals surface area contributed by atoms with E-state index in [-0.39, 0.29) is 19.6 Å². The molecule has 10 atom stereocenters. The Kier molecular flexibility index (Phi) is 9.54. The van der Waals surface area contributed by atoms with Gasteiger partial charge in [-0.05, 0) is 6.92 Å². The number of hydrogen-bond acceptors (Lipinski definition) is 13. The van der Waals surface area contributed by atoms with Crippen molar-refractivity contribution < 1.29 is 64.2 Å². The molecule has 13 nitrogen and oxygen atoms in total. The third kappa shape index (κ3) is 5.89. The van der Waals surface area contributed by atoms with Crippen LogP contribution in [0, 0.1) is 0 Å². The molecule has 182 valence electrons. The first-order valence-electron chi connectivity index (χ1n) is 10.0. The lowest BCUT2D eigenvalue weighted by atomic mass is 9.99. The van der Waals surface area contributed by atoms with Gasteiger partial charge in [0.2, 0.25) is 5.79 Å². The van der Waals surface area contributed by atoms with Gasteiger partial charge in [0.1, 0.15) is 55.4 Å². The summed E-state index contributed by atoms with van der Waals surface area (Å²) in [6, 6.07) is 0. The molecule has 7 N–H and O–H groups in total. The first-order valence-corrected chi connectivity index (χ1v) is 10.0. The predicted molar refractivity (Wildman–Crippen MR) is 98.2 cm³/mol. The number of aliphatic hydroxyl groups excluding tert-OH is 7. The van der Waals surface area contributed by atoms with Crippen LogP contribution in [0.15, 0.2) is 0 Å². The van der Waals surface area contributed by atoms with Crippen molar-refractivity contribution in [3.8, 4) is 0 Å². The molecule has 2 aliphatic rings. The average Bonchev–Trinajstić information content (AvgIpc) is 2.99. The number of rotatable bonds is 10. The summed E-state index contributed by atoms with van der Waals surface area (Å²) in [6.45, 7) is 1.29. The fourth-order valence-electron chi connectivity index (χ4n) is 3.31. The number of carbonyl (C=O) groups excluding carboxylic acids is 1. The SMILES string of the molecule is CCC(=O)OC(C)COC[C@H]1O[C@@](CO)(O[C@H]2OC(CO)[C@@H](O)[C@H](O)C2O)[C@H](O)C1O. The highest BCUT2D eigenvalue weighted by Crippen LogP contribution is 2.36. The van der Waals surface area contributed by atoms with E-state index in [0.717, 1.165) is 0 Å². The minimum Gasteiger partial charge on any atom is -0.460 e. The Morgan fingerprint density at radius 1 is 1.03 bits per heavy atom. The number of ether oxygens (including phenoxy) is 5. The molecular weight excluding hydrogens is 424 g/mol. The van der Waals surface area contributed by atoms with E-state index in [1.54, 1.807) is 13.8 Å². The maximum absolute atomic E-state index is 11.3. The molecule has 0 aliphatic carbocycles. The predicted octanol–water partition coefficient (Wildman–Crippen LogP) is -4.03. The molecule has 2 saturated heterocycles. The molecule has 0 saturated carbocycles. The van der Waals surface area contributed by atoms with Crippen molar-refractivity contribution in [3.05, 3.63) is 0 Å². The molecule has 0 aromatic heterocycles. The summed E-state index contributed by atoms with van der Waals surface area (Å²) in [4.78, 5) is 11.3. The van der Waals surface area contributed by atoms with Crippen LogP contribution in [0.2, 0.25) is 0 Å². The van der Waals surface area contributed by atoms with E-state index in [1.807, 2.05) is 0 Å². The third-order valence-electron chi connectivity index (χ3n) is 5.15. The second kappa shape index (κ2) is 11.2. The molecule has 0 bridgehead atoms. The van der Waals surface area contributed by atoms with Gasteiger partial charge < -0.3 is 59.4 Å². The van der Waals surface area contributed by atoms with Crippen LogP contribution in [0.5, 0.6) is 0 Å². The van der Waals surface area contributed by atoms with Crippen LogP contribution in [0.3, 0.4) is 0 Å². The van der Waals surface area contributed by atoms with Crippen molar-refractivity contribution in [3.63, 3.8) is 0 Å². The minimum absolute atomic E-state index is 0.0197. The monoisotopic (exact) mass is 456 g/mol. The molecule has 31 heavy (non-hydrogen) atoms. The number of aliphatic hydroxyl groups is 7. The van der Waals surface area contributed by atoms with Crippen LogP contribution < -0.4 is 0 Å². The summed E-state index contributed by atoms with van der Waals surface area (Å²) in [5.74, 6) is -2.66. The van der Waals surface area contributed by atoms with Crippen LogP contribution in [0.4, 0.5) is 0 Å². The second-order valence-corrected chi connectivity index (χ2v) is 7.57. The molecule has 0 spiro atoms. The summed E-state index contributed by atoms with van der Waals surface area (Å²) in [6.07, 6.45) is -13.1. The van der Waals surface area contributed by atoms with Crippen molar-refractivity contribution in [2.75, 3.05) is 26.4 Å². The van der Waals surface area contributed by atoms with E-state index in [0.29, 0.717) is 0 Å². The summed E-state index contributed by atoms with van der Waals surface area (Å²) in [5, 5.41) is 69.6. The summed E-state index contributed by atoms with van der Waals surface area (Å²) in [7, 11) is 0. The van der Waals surface area contributed by atoms with Crippen LogP contribution >= 0.6 is 0 Å². The fraction of sp³-hybridized carbons (Fsp3) is 0.944. The van der Waals surface area contributed by atoms with E-state index >= 15 is 0 Å². The smallest absolute Gasteiger partial charge is 0.305 e. The van der Waals surface area contributed by atoms with E-state index in [1.165, 1.54) is 0 Å². The fourth-order valence-corrected chi connectivity index (χ4v) is 3.31. The maximum atomic E-state index is 11.3. The number of esters is 1. The molecule has 0 aromatic carbocycles. The lowest BCUT2D eigenvalue weighted by Gasteiger charge is -2.43. The normalized spacial score (nSPS) is 41.8. The largest absolute Gasteiger partial charge is 0.460 e. The highest BCUT2D eigenvalue weighted by Gasteiger charge is 2.58. The second-order valence-electron chi connectivity index (χ2n) is 7.57. The first kappa shape index (κ1) is 26.3. The molecule has 4 unspecified atom stereocenters. The highest BCUT2D eigenvalue weighted by molar-refractivity contribution is 5.69. The highest BCUT2D eigenvalue weighted by atomic mass is 16.8. The summed E-state index contributed by atoms with van der Waals surface area (Å²) >= 11 is 0. The van der Waals surface area contributed by atoms with Crippen molar-refractivity contribution in [1.82, 2.24) is 0 Å². The van der Waals surface area contributed by atoms with Gasteiger partial charge in [-0.3, -0.25) is 4.79 Å². The van der Waals surface area contributed by atoms with Crippen molar-refractivity contribution >= 4 is 5.97 Å². The van der Waals surface area contributed by atoms with Crippen molar-refractivity contribution in [2.45, 2.75) is 81.2 Å². The van der Waals surface area contributed by atoms with Gasteiger partial charge >= 0.3 is 5.97 Å². The van der Waals surface area contributed by atoms with Gasteiger partial charge in [0, 0.05) is 6.42 Å². The Labute approximate surface area is 178 Å². The van der Waals surface area contributed by atoms with Gasteiger partial charge in [-0.15, -0.1) is 0 Å². The van der Waals surface area contributed by atoms with Gasteiger partial charge in [0.15, 0.2) is 6.29 Å². The van der Waals surface area contributed by atoms with Gasteiger partial charge in [-0.1, -0.05) is 6.92 Å². The number of hydrogen-bond donors (Lipinski definition) is 7. The Morgan fingerprint density at radius 3 is 2.29 bits per heavy atom. The van der Waals surface area contributed by atoms with Crippen molar-refractivity contribution in [1.29, 1.82) is 0 Å². The van der Waals surface area contributed by atoms with Crippen LogP contribution in [-0.4, -0.2) is 129 Å². The lowest BCUT2D eigenvalue weighted by Crippen LogP contribution is -2.62. The van der Waals surface area contributed by atoms with E-state index < -0.39 is 80.1 Å². The van der Waals surface area contributed by atoms with E-state index in [9.17, 15) is 40.5 Å². The molecule has 0 amide bonds. The third-order valence-corrected chi connectivity index (χ3v) is 5.15. The molecule has 0 aromatic rings. The molecule has 2 rings (SSSR count). The van der Waals surface area contributed by atoms with E-state index in [4.69, 9.17) is 23.7 Å². The van der Waals surface area contributed by atoms with Gasteiger partial charge in [-0.25, -0.2) is 0 Å². The first-order chi connectivity index (χ1) is 14.6. The number of carbonyl (C=O) groups is 1. The maximum Gasteiger partial charge on any atom is 0.305 e. The van der Waals surface area contributed by atoms with Gasteiger partial charge in [-0.2, -0.15) is 0 Å². The van der Waals surface area contributed by atoms with Crippen LogP contribution in [0.1, 0.15) is 20.3 Å². The summed E-state index contributed by atoms with van der Waals surface area (Å²) < 4.78 is 26.5. The Balaban J connectivity index is 2.00. The quantitative estimate of drug-likeness (QED) is 0.157. The van der Waals surface area contributed by atoms with Crippen LogP contribution in [-0.2, 0) is 28.5 Å². The van der Waals surface area contributed by atoms with Gasteiger partial charge in [0.05, 0.1) is 19.8 Å². The molecule has 2 fully saturated rings. The molecule has 2 aliphatic heterocycles. The molecule has 13 heteroatoms. The summed E-state index contributed by atoms with van der Waals surface area (Å²) in [5.41, 5.74) is 0. The van der Waals surface area contributed by atoms with Gasteiger partial charge in [0.25, 0.3) is 0 Å². The zero-order valence-corrected chi connectivity index (χ0v) is 17.3. The molecular formula is C18H32O13.